The molecule has 2 aromatic carbocycles. The number of hydrogen-bond acceptors (Lipinski definition) is 5. The molecule has 0 aliphatic carbocycles. The molecule has 156 valence electrons. The van der Waals surface area contributed by atoms with E-state index in [1.165, 1.54) is 0 Å². The second kappa shape index (κ2) is 9.76. The first kappa shape index (κ1) is 21.1. The van der Waals surface area contributed by atoms with Crippen molar-refractivity contribution in [2.24, 2.45) is 0 Å². The minimum atomic E-state index is -0.145. The third-order valence-corrected chi connectivity index (χ3v) is 5.67. The second-order valence-corrected chi connectivity index (χ2v) is 7.40. The molecular formula is C23H31N3O3. The molecule has 6 heteroatoms. The van der Waals surface area contributed by atoms with Crippen LogP contribution in [0.25, 0.3) is 0 Å². The van der Waals surface area contributed by atoms with E-state index in [1.54, 1.807) is 19.1 Å². The van der Waals surface area contributed by atoms with Gasteiger partial charge >= 0.3 is 0 Å². The summed E-state index contributed by atoms with van der Waals surface area (Å²) in [7, 11) is 5.22. The summed E-state index contributed by atoms with van der Waals surface area (Å²) in [6.45, 7) is 6.35. The molecule has 2 aromatic rings. The fourth-order valence-electron chi connectivity index (χ4n) is 3.77. The van der Waals surface area contributed by atoms with Crippen LogP contribution in [-0.2, 0) is 11.3 Å². The maximum Gasteiger partial charge on any atom is 0.243 e. The fourth-order valence-corrected chi connectivity index (χ4v) is 3.77. The summed E-state index contributed by atoms with van der Waals surface area (Å²) >= 11 is 0. The van der Waals surface area contributed by atoms with E-state index in [9.17, 15) is 4.79 Å². The standard InChI is InChI=1S/C23H31N3O3/c1-18(23(27)24(2)20-8-6-5-7-9-20)26-14-12-25(13-15-26)17-19-16-21(28-3)10-11-22(19)29-4/h5-11,16,18H,12-15,17H2,1-4H3. The minimum absolute atomic E-state index is 0.124. The number of likely N-dealkylation sites (N-methyl/N-ethyl adjacent to an activating group) is 1. The average molecular weight is 398 g/mol. The van der Waals surface area contributed by atoms with E-state index in [1.807, 2.05) is 62.5 Å². The number of piperazine rings is 1. The molecule has 0 spiro atoms. The zero-order valence-corrected chi connectivity index (χ0v) is 17.8. The summed E-state index contributed by atoms with van der Waals surface area (Å²) in [5, 5.41) is 0. The van der Waals surface area contributed by atoms with E-state index in [0.717, 1.165) is 55.5 Å². The molecular weight excluding hydrogens is 366 g/mol. The number of rotatable bonds is 7. The number of nitrogens with zero attached hydrogens (tertiary/aromatic N) is 3. The van der Waals surface area contributed by atoms with Gasteiger partial charge in [0.2, 0.25) is 5.91 Å². The zero-order chi connectivity index (χ0) is 20.8. The number of anilines is 1. The van der Waals surface area contributed by atoms with Crippen molar-refractivity contribution < 1.29 is 14.3 Å². The van der Waals surface area contributed by atoms with Crippen LogP contribution in [0.5, 0.6) is 11.5 Å². The van der Waals surface area contributed by atoms with Crippen LogP contribution in [0.4, 0.5) is 5.69 Å². The maximum absolute atomic E-state index is 12.9. The zero-order valence-electron chi connectivity index (χ0n) is 17.8. The van der Waals surface area contributed by atoms with Crippen LogP contribution < -0.4 is 14.4 Å². The predicted octanol–water partition coefficient (Wildman–Crippen LogP) is 2.87. The van der Waals surface area contributed by atoms with Gasteiger partial charge in [-0.2, -0.15) is 0 Å². The summed E-state index contributed by atoms with van der Waals surface area (Å²) in [5.41, 5.74) is 2.04. The molecule has 1 aliphatic heterocycles. The van der Waals surface area contributed by atoms with Gasteiger partial charge in [0, 0.05) is 51.0 Å². The van der Waals surface area contributed by atoms with Gasteiger partial charge in [-0.25, -0.2) is 0 Å². The van der Waals surface area contributed by atoms with Crippen molar-refractivity contribution >= 4 is 11.6 Å². The van der Waals surface area contributed by atoms with Crippen molar-refractivity contribution in [1.82, 2.24) is 9.80 Å². The quantitative estimate of drug-likeness (QED) is 0.719. The Morgan fingerprint density at radius 2 is 1.72 bits per heavy atom. The van der Waals surface area contributed by atoms with Crippen LogP contribution in [-0.4, -0.2) is 69.2 Å². The van der Waals surface area contributed by atoms with Crippen molar-refractivity contribution in [1.29, 1.82) is 0 Å². The number of para-hydroxylation sites is 1. The fraction of sp³-hybridized carbons (Fsp3) is 0.435. The first-order valence-electron chi connectivity index (χ1n) is 10.0. The number of benzene rings is 2. The molecule has 0 N–H and O–H groups in total. The summed E-state index contributed by atoms with van der Waals surface area (Å²) in [6, 6.07) is 15.5. The van der Waals surface area contributed by atoms with Crippen molar-refractivity contribution in [3.8, 4) is 11.5 Å². The highest BCUT2D eigenvalue weighted by Gasteiger charge is 2.28. The Balaban J connectivity index is 1.57. The van der Waals surface area contributed by atoms with E-state index in [-0.39, 0.29) is 11.9 Å². The molecule has 1 saturated heterocycles. The second-order valence-electron chi connectivity index (χ2n) is 7.40. The van der Waals surface area contributed by atoms with Crippen molar-refractivity contribution in [3.05, 3.63) is 54.1 Å². The molecule has 0 saturated carbocycles. The molecule has 0 aromatic heterocycles. The Labute approximate surface area is 173 Å². The van der Waals surface area contributed by atoms with E-state index >= 15 is 0 Å². The molecule has 1 heterocycles. The monoisotopic (exact) mass is 397 g/mol. The number of ether oxygens (including phenoxy) is 2. The van der Waals surface area contributed by atoms with Gasteiger partial charge in [-0.3, -0.25) is 14.6 Å². The highest BCUT2D eigenvalue weighted by molar-refractivity contribution is 5.96. The highest BCUT2D eigenvalue weighted by atomic mass is 16.5. The normalized spacial score (nSPS) is 16.3. The molecule has 1 amide bonds. The lowest BCUT2D eigenvalue weighted by Crippen LogP contribution is -2.53. The lowest BCUT2D eigenvalue weighted by Gasteiger charge is -2.38. The SMILES string of the molecule is COc1ccc(OC)c(CN2CCN(C(C)C(=O)N(C)c3ccccc3)CC2)c1. The van der Waals surface area contributed by atoms with Crippen LogP contribution in [0.1, 0.15) is 12.5 Å². The first-order valence-corrected chi connectivity index (χ1v) is 10.0. The molecule has 1 atom stereocenters. The van der Waals surface area contributed by atoms with Gasteiger partial charge in [-0.15, -0.1) is 0 Å². The van der Waals surface area contributed by atoms with Crippen LogP contribution in [0, 0.1) is 0 Å². The number of methoxy groups -OCH3 is 2. The largest absolute Gasteiger partial charge is 0.497 e. The van der Waals surface area contributed by atoms with Gasteiger partial charge in [-0.1, -0.05) is 18.2 Å². The Bertz CT molecular complexity index is 804. The van der Waals surface area contributed by atoms with Crippen molar-refractivity contribution in [2.75, 3.05) is 52.3 Å². The van der Waals surface area contributed by atoms with E-state index in [4.69, 9.17) is 9.47 Å². The summed E-state index contributed by atoms with van der Waals surface area (Å²) in [4.78, 5) is 19.3. The number of carbonyl (C=O) groups excluding carboxylic acids is 1. The molecule has 0 radical (unpaired) electrons. The van der Waals surface area contributed by atoms with Gasteiger partial charge in [0.15, 0.2) is 0 Å². The van der Waals surface area contributed by atoms with E-state index < -0.39 is 0 Å². The summed E-state index contributed by atoms with van der Waals surface area (Å²) < 4.78 is 10.9. The number of carbonyl (C=O) groups is 1. The van der Waals surface area contributed by atoms with Crippen LogP contribution in [0.3, 0.4) is 0 Å². The average Bonchev–Trinajstić information content (AvgIpc) is 2.78. The lowest BCUT2D eigenvalue weighted by molar-refractivity contribution is -0.123. The van der Waals surface area contributed by atoms with E-state index in [0.29, 0.717) is 0 Å². The van der Waals surface area contributed by atoms with Gasteiger partial charge < -0.3 is 14.4 Å². The van der Waals surface area contributed by atoms with Gasteiger partial charge in [0.05, 0.1) is 20.3 Å². The Morgan fingerprint density at radius 3 is 2.34 bits per heavy atom. The first-order chi connectivity index (χ1) is 14.0. The van der Waals surface area contributed by atoms with Gasteiger partial charge in [-0.05, 0) is 37.3 Å². The Hall–Kier alpha value is -2.57. The molecule has 3 rings (SSSR count). The molecule has 1 fully saturated rings. The molecule has 1 unspecified atom stereocenters. The topological polar surface area (TPSA) is 45.3 Å². The third kappa shape index (κ3) is 5.08. The van der Waals surface area contributed by atoms with Crippen molar-refractivity contribution in [2.45, 2.75) is 19.5 Å². The summed E-state index contributed by atoms with van der Waals surface area (Å²) in [6.07, 6.45) is 0. The number of amides is 1. The Kier molecular flexibility index (Phi) is 7.12. The summed E-state index contributed by atoms with van der Waals surface area (Å²) in [5.74, 6) is 1.84. The maximum atomic E-state index is 12.9. The minimum Gasteiger partial charge on any atom is -0.497 e. The number of hydrogen-bond donors (Lipinski definition) is 0. The molecule has 1 aliphatic rings. The smallest absolute Gasteiger partial charge is 0.243 e. The molecule has 29 heavy (non-hydrogen) atoms. The van der Waals surface area contributed by atoms with Gasteiger partial charge in [0.1, 0.15) is 11.5 Å². The highest BCUT2D eigenvalue weighted by Crippen LogP contribution is 2.26. The molecule has 6 nitrogen and oxygen atoms in total. The molecule has 0 bridgehead atoms. The van der Waals surface area contributed by atoms with Crippen LogP contribution in [0.15, 0.2) is 48.5 Å². The van der Waals surface area contributed by atoms with Crippen LogP contribution in [0.2, 0.25) is 0 Å². The van der Waals surface area contributed by atoms with Crippen molar-refractivity contribution in [3.63, 3.8) is 0 Å². The third-order valence-electron chi connectivity index (χ3n) is 5.67. The Morgan fingerprint density at radius 1 is 1.03 bits per heavy atom. The van der Waals surface area contributed by atoms with Gasteiger partial charge in [0.25, 0.3) is 0 Å². The predicted molar refractivity (Wildman–Crippen MR) is 116 cm³/mol. The van der Waals surface area contributed by atoms with Crippen LogP contribution >= 0.6 is 0 Å². The lowest BCUT2D eigenvalue weighted by atomic mass is 10.1. The van der Waals surface area contributed by atoms with E-state index in [2.05, 4.69) is 9.80 Å².